The van der Waals surface area contributed by atoms with Gasteiger partial charge in [0.25, 0.3) is 0 Å². The highest BCUT2D eigenvalue weighted by Crippen LogP contribution is 2.25. The fourth-order valence-corrected chi connectivity index (χ4v) is 2.32. The van der Waals surface area contributed by atoms with Crippen molar-refractivity contribution in [2.24, 2.45) is 0 Å². The van der Waals surface area contributed by atoms with Crippen LogP contribution in [0.4, 0.5) is 13.2 Å². The van der Waals surface area contributed by atoms with Gasteiger partial charge >= 0.3 is 6.18 Å². The van der Waals surface area contributed by atoms with Crippen LogP contribution in [0.15, 0.2) is 31.0 Å². The zero-order chi connectivity index (χ0) is 19.2. The molecule has 0 bridgehead atoms. The van der Waals surface area contributed by atoms with Crippen LogP contribution in [0.1, 0.15) is 25.8 Å². The number of aldehydes is 1. The smallest absolute Gasteiger partial charge is 0.346 e. The molecule has 1 atom stereocenters. The van der Waals surface area contributed by atoms with E-state index in [1.54, 1.807) is 6.33 Å². The molecular formula is C17H16F3N5O. The molecule has 9 heteroatoms. The maximum atomic E-state index is 10.4. The molecule has 26 heavy (non-hydrogen) atoms. The lowest BCUT2D eigenvalue weighted by Gasteiger charge is -2.11. The fraction of sp³-hybridized carbons (Fsp3) is 0.294. The molecule has 1 N–H and O–H groups in total. The second-order valence-electron chi connectivity index (χ2n) is 5.30. The molecule has 0 fully saturated rings. The third-order valence-corrected chi connectivity index (χ3v) is 3.56. The zero-order valence-corrected chi connectivity index (χ0v) is 13.9. The summed E-state index contributed by atoms with van der Waals surface area (Å²) in [5, 5.41) is 5.42. The van der Waals surface area contributed by atoms with E-state index in [1.807, 2.05) is 29.3 Å². The topological polar surface area (TPSA) is 76.5 Å². The molecule has 1 unspecified atom stereocenters. The number of halogens is 3. The number of fused-ring (bicyclic) bond motifs is 1. The Morgan fingerprint density at radius 3 is 2.77 bits per heavy atom. The van der Waals surface area contributed by atoms with Gasteiger partial charge in [-0.05, 0) is 12.5 Å². The second kappa shape index (κ2) is 8.29. The molecule has 0 amide bonds. The zero-order valence-electron chi connectivity index (χ0n) is 13.9. The van der Waals surface area contributed by atoms with E-state index in [4.69, 9.17) is 11.2 Å². The van der Waals surface area contributed by atoms with Crippen LogP contribution in [-0.2, 0) is 4.79 Å². The highest BCUT2D eigenvalue weighted by Gasteiger charge is 2.24. The summed E-state index contributed by atoms with van der Waals surface area (Å²) in [4.78, 5) is 20.4. The summed E-state index contributed by atoms with van der Waals surface area (Å²) in [7, 11) is 0. The van der Waals surface area contributed by atoms with Crippen molar-refractivity contribution in [3.63, 3.8) is 0 Å². The van der Waals surface area contributed by atoms with E-state index in [2.05, 4.69) is 32.9 Å². The number of nitrogens with one attached hydrogen (secondary N) is 1. The Hall–Kier alpha value is -3.15. The normalized spacial score (nSPS) is 12.1. The van der Waals surface area contributed by atoms with Crippen LogP contribution in [0.2, 0.25) is 0 Å². The number of hydrogen-bond donors (Lipinski definition) is 1. The van der Waals surface area contributed by atoms with E-state index < -0.39 is 12.5 Å². The van der Waals surface area contributed by atoms with Gasteiger partial charge in [-0.2, -0.15) is 18.3 Å². The lowest BCUT2D eigenvalue weighted by Crippen LogP contribution is -2.07. The SMILES string of the molecule is C#CCC(CC)n1cc(-c2ncnc3[nH]ccc23)cn1.O=CC(F)(F)F. The van der Waals surface area contributed by atoms with Crippen LogP contribution in [0.3, 0.4) is 0 Å². The summed E-state index contributed by atoms with van der Waals surface area (Å²) in [5.74, 6) is 2.70. The summed E-state index contributed by atoms with van der Waals surface area (Å²) in [6, 6.07) is 2.21. The summed E-state index contributed by atoms with van der Waals surface area (Å²) >= 11 is 0. The molecule has 0 aliphatic carbocycles. The molecule has 0 aromatic carbocycles. The molecule has 3 aromatic heterocycles. The molecule has 0 aliphatic heterocycles. The van der Waals surface area contributed by atoms with Crippen LogP contribution < -0.4 is 0 Å². The standard InChI is InChI=1S/C15H15N5.C2HF3O/c1-3-5-12(4-2)20-9-11(8-19-20)14-13-6-7-16-15(13)18-10-17-14;3-2(4,5)1-6/h1,6-10,12H,4-5H2,2H3,(H,16,17,18);1H. The van der Waals surface area contributed by atoms with Crippen LogP contribution >= 0.6 is 0 Å². The van der Waals surface area contributed by atoms with E-state index in [-0.39, 0.29) is 6.04 Å². The second-order valence-corrected chi connectivity index (χ2v) is 5.30. The van der Waals surface area contributed by atoms with Gasteiger partial charge in [-0.25, -0.2) is 9.97 Å². The van der Waals surface area contributed by atoms with E-state index >= 15 is 0 Å². The number of terminal acetylenes is 1. The van der Waals surface area contributed by atoms with Crippen LogP contribution in [-0.4, -0.2) is 37.2 Å². The largest absolute Gasteiger partial charge is 0.446 e. The number of rotatable bonds is 4. The van der Waals surface area contributed by atoms with Crippen molar-refractivity contribution in [2.45, 2.75) is 32.0 Å². The first-order valence-electron chi connectivity index (χ1n) is 7.68. The van der Waals surface area contributed by atoms with Crippen molar-refractivity contribution in [1.82, 2.24) is 24.7 Å². The average Bonchev–Trinajstić information content (AvgIpc) is 3.28. The molecule has 3 aromatic rings. The third-order valence-electron chi connectivity index (χ3n) is 3.56. The van der Waals surface area contributed by atoms with Crippen molar-refractivity contribution in [2.75, 3.05) is 0 Å². The van der Waals surface area contributed by atoms with E-state index in [1.165, 1.54) is 0 Å². The summed E-state index contributed by atoms with van der Waals surface area (Å²) in [5.41, 5.74) is 2.70. The number of carbonyl (C=O) groups excluding carboxylic acids is 1. The first-order valence-corrected chi connectivity index (χ1v) is 7.68. The predicted octanol–water partition coefficient (Wildman–Crippen LogP) is 3.54. The van der Waals surface area contributed by atoms with Crippen LogP contribution in [0, 0.1) is 12.3 Å². The van der Waals surface area contributed by atoms with Gasteiger partial charge in [-0.15, -0.1) is 12.3 Å². The van der Waals surface area contributed by atoms with Gasteiger partial charge in [-0.1, -0.05) is 6.92 Å². The maximum absolute atomic E-state index is 10.4. The third kappa shape index (κ3) is 4.69. The minimum absolute atomic E-state index is 0.234. The number of H-pyrrole nitrogens is 1. The molecule has 3 rings (SSSR count). The Morgan fingerprint density at radius 1 is 1.42 bits per heavy atom. The first-order chi connectivity index (χ1) is 12.4. The Kier molecular flexibility index (Phi) is 6.11. The number of aromatic nitrogens is 5. The molecule has 0 saturated heterocycles. The van der Waals surface area contributed by atoms with E-state index in [9.17, 15) is 13.2 Å². The quantitative estimate of drug-likeness (QED) is 0.568. The molecular weight excluding hydrogens is 347 g/mol. The number of nitrogens with zero attached hydrogens (tertiary/aromatic N) is 4. The molecule has 136 valence electrons. The van der Waals surface area contributed by atoms with Crippen LogP contribution in [0.5, 0.6) is 0 Å². The van der Waals surface area contributed by atoms with Crippen molar-refractivity contribution in [1.29, 1.82) is 0 Å². The summed E-state index contributed by atoms with van der Waals surface area (Å²) < 4.78 is 33.2. The Bertz CT molecular complexity index is 907. The first kappa shape index (κ1) is 19.2. The number of hydrogen-bond acceptors (Lipinski definition) is 4. The monoisotopic (exact) mass is 363 g/mol. The van der Waals surface area contributed by atoms with Gasteiger partial charge in [0.05, 0.1) is 17.9 Å². The van der Waals surface area contributed by atoms with Crippen molar-refractivity contribution in [3.8, 4) is 23.6 Å². The lowest BCUT2D eigenvalue weighted by atomic mass is 10.1. The highest BCUT2D eigenvalue weighted by molar-refractivity contribution is 5.89. The molecule has 6 nitrogen and oxygen atoms in total. The highest BCUT2D eigenvalue weighted by atomic mass is 19.4. The van der Waals surface area contributed by atoms with Gasteiger partial charge in [0.2, 0.25) is 6.29 Å². The maximum Gasteiger partial charge on any atom is 0.446 e. The number of aromatic amines is 1. The van der Waals surface area contributed by atoms with Crippen molar-refractivity contribution < 1.29 is 18.0 Å². The van der Waals surface area contributed by atoms with Crippen molar-refractivity contribution in [3.05, 3.63) is 31.0 Å². The minimum atomic E-state index is -4.64. The predicted molar refractivity (Wildman–Crippen MR) is 90.0 cm³/mol. The number of carbonyl (C=O) groups is 1. The molecule has 0 saturated carbocycles. The van der Waals surface area contributed by atoms with E-state index in [0.717, 1.165) is 28.7 Å². The Labute approximate surface area is 147 Å². The van der Waals surface area contributed by atoms with Gasteiger partial charge in [0.15, 0.2) is 0 Å². The Morgan fingerprint density at radius 2 is 2.15 bits per heavy atom. The average molecular weight is 363 g/mol. The molecule has 0 aliphatic rings. The summed E-state index contributed by atoms with van der Waals surface area (Å²) in [6.07, 6.45) is 8.59. The van der Waals surface area contributed by atoms with Gasteiger partial charge in [-0.3, -0.25) is 9.48 Å². The Balaban J connectivity index is 0.000000352. The lowest BCUT2D eigenvalue weighted by molar-refractivity contribution is -0.156. The van der Waals surface area contributed by atoms with Gasteiger partial charge in [0, 0.05) is 29.8 Å². The fourth-order valence-electron chi connectivity index (χ4n) is 2.32. The van der Waals surface area contributed by atoms with Gasteiger partial charge < -0.3 is 4.98 Å². The molecule has 0 radical (unpaired) electrons. The minimum Gasteiger partial charge on any atom is -0.346 e. The van der Waals surface area contributed by atoms with Crippen LogP contribution in [0.25, 0.3) is 22.3 Å². The number of alkyl halides is 3. The van der Waals surface area contributed by atoms with Crippen molar-refractivity contribution >= 4 is 17.3 Å². The van der Waals surface area contributed by atoms with E-state index in [0.29, 0.717) is 6.42 Å². The summed E-state index contributed by atoms with van der Waals surface area (Å²) in [6.45, 7) is 2.11. The van der Waals surface area contributed by atoms with Gasteiger partial charge in [0.1, 0.15) is 12.0 Å². The molecule has 3 heterocycles. The molecule has 0 spiro atoms.